The van der Waals surface area contributed by atoms with E-state index in [9.17, 15) is 0 Å². The summed E-state index contributed by atoms with van der Waals surface area (Å²) in [6.07, 6.45) is 6.05. The van der Waals surface area contributed by atoms with Crippen LogP contribution in [-0.4, -0.2) is 22.5 Å². The molecule has 0 saturated carbocycles. The van der Waals surface area contributed by atoms with Crippen molar-refractivity contribution in [3.8, 4) is 0 Å². The van der Waals surface area contributed by atoms with Gasteiger partial charge in [0.25, 0.3) is 0 Å². The summed E-state index contributed by atoms with van der Waals surface area (Å²) in [6.45, 7) is 3.65. The third kappa shape index (κ3) is 6.54. The molecule has 0 aliphatic carbocycles. The van der Waals surface area contributed by atoms with Gasteiger partial charge < -0.3 is 0 Å². The molecule has 0 radical (unpaired) electrons. The molecule has 0 fully saturated rings. The van der Waals surface area contributed by atoms with Crippen molar-refractivity contribution in [1.82, 2.24) is 0 Å². The fourth-order valence-corrected chi connectivity index (χ4v) is 1.97. The van der Waals surface area contributed by atoms with Crippen LogP contribution in [0, 0.1) is 0 Å². The van der Waals surface area contributed by atoms with E-state index in [1.54, 1.807) is 0 Å². The molecule has 0 atom stereocenters. The van der Waals surface area contributed by atoms with Crippen LogP contribution in [0.4, 0.5) is 0 Å². The second kappa shape index (κ2) is 6.54. The number of allylic oxidation sites excluding steroid dienone is 1. The van der Waals surface area contributed by atoms with E-state index in [1.807, 2.05) is 6.08 Å². The van der Waals surface area contributed by atoms with Crippen molar-refractivity contribution in [2.24, 2.45) is 0 Å². The molecule has 0 N–H and O–H groups in total. The van der Waals surface area contributed by atoms with Gasteiger partial charge in [0.2, 0.25) is 0 Å². The van der Waals surface area contributed by atoms with Crippen molar-refractivity contribution in [2.45, 2.75) is 23.7 Å². The Bertz CT molecular complexity index is 41.4. The molecule has 0 aliphatic heterocycles. The van der Waals surface area contributed by atoms with Gasteiger partial charge >= 0.3 is 58.9 Å². The first-order chi connectivity index (χ1) is 3.41. The van der Waals surface area contributed by atoms with Gasteiger partial charge in [-0.2, -0.15) is 0 Å². The molecule has 7 heavy (non-hydrogen) atoms. The summed E-state index contributed by atoms with van der Waals surface area (Å²) in [5, 5.41) is 0. The van der Waals surface area contributed by atoms with E-state index in [0.717, 1.165) is 22.5 Å². The first-order valence-electron chi connectivity index (χ1n) is 3.02. The summed E-state index contributed by atoms with van der Waals surface area (Å²) < 4.78 is 1.52. The van der Waals surface area contributed by atoms with Gasteiger partial charge in [0, 0.05) is 0 Å². The maximum atomic E-state index is 3.65. The number of rotatable bonds is 4. The van der Waals surface area contributed by atoms with Crippen molar-refractivity contribution in [3.63, 3.8) is 0 Å². The molecule has 0 aromatic carbocycles. The predicted octanol–water partition coefficient (Wildman–Crippen LogP) is 1.13. The summed E-state index contributed by atoms with van der Waals surface area (Å²) >= 11 is 0.941. The van der Waals surface area contributed by atoms with Crippen molar-refractivity contribution < 1.29 is 0 Å². The van der Waals surface area contributed by atoms with Crippen molar-refractivity contribution >= 4 is 22.5 Å². The fourth-order valence-electron chi connectivity index (χ4n) is 0.539. The molecule has 1 heteroatoms. The molecule has 0 rings (SSSR count). The van der Waals surface area contributed by atoms with Crippen LogP contribution >= 0.6 is 0 Å². The Morgan fingerprint density at radius 1 is 1.43 bits per heavy atom. The first-order valence-corrected chi connectivity index (χ1v) is 7.06. The normalized spacial score (nSPS) is 9.14. The summed E-state index contributed by atoms with van der Waals surface area (Å²) in [7, 11) is 0. The quantitative estimate of drug-likeness (QED) is 0.366. The third-order valence-electron chi connectivity index (χ3n) is 1.01. The van der Waals surface area contributed by atoms with E-state index >= 15 is 0 Å². The molecule has 0 nitrogen and oxygen atoms in total. The van der Waals surface area contributed by atoms with Gasteiger partial charge in [-0.3, -0.25) is 0 Å². The molecule has 0 aliphatic rings. The predicted molar refractivity (Wildman–Crippen MR) is 38.8 cm³/mol. The Labute approximate surface area is 59.1 Å². The summed E-state index contributed by atoms with van der Waals surface area (Å²) in [5.74, 6) is 0. The number of hydrogen-bond acceptors (Lipinski definition) is 0. The molecule has 0 bridgehead atoms. The fraction of sp³-hybridized carbons (Fsp3) is 0.667. The molecule has 0 aromatic rings. The van der Waals surface area contributed by atoms with Gasteiger partial charge in [-0.05, 0) is 0 Å². The van der Waals surface area contributed by atoms with Crippen LogP contribution in [0.15, 0.2) is 12.7 Å². The molecule has 0 amide bonds. The topological polar surface area (TPSA) is 0 Å². The summed E-state index contributed by atoms with van der Waals surface area (Å²) in [6, 6.07) is 0. The third-order valence-corrected chi connectivity index (χ3v) is 3.03. The zero-order chi connectivity index (χ0) is 5.54. The molecule has 42 valence electrons. The Balaban J connectivity index is 2.56. The first kappa shape index (κ1) is 7.54. The molecule has 0 unspecified atom stereocenters. The summed E-state index contributed by atoms with van der Waals surface area (Å²) in [4.78, 5) is 0. The Hall–Kier alpha value is 0.539. The van der Waals surface area contributed by atoms with Gasteiger partial charge in [0.1, 0.15) is 0 Å². The zero-order valence-electron chi connectivity index (χ0n) is 5.11. The SMILES string of the molecule is C=CCCC[CH2][SnH3]. The monoisotopic (exact) mass is 206 g/mol. The Kier molecular flexibility index (Phi) is 7.04. The van der Waals surface area contributed by atoms with E-state index in [2.05, 4.69) is 6.58 Å². The van der Waals surface area contributed by atoms with E-state index < -0.39 is 0 Å². The molecular weight excluding hydrogens is 191 g/mol. The van der Waals surface area contributed by atoms with E-state index in [4.69, 9.17) is 0 Å². The van der Waals surface area contributed by atoms with Gasteiger partial charge in [-0.25, -0.2) is 0 Å². The summed E-state index contributed by atoms with van der Waals surface area (Å²) in [5.41, 5.74) is 0. The van der Waals surface area contributed by atoms with Crippen molar-refractivity contribution in [3.05, 3.63) is 12.7 Å². The van der Waals surface area contributed by atoms with Gasteiger partial charge in [0.15, 0.2) is 0 Å². The maximum absolute atomic E-state index is 3.65. The second-order valence-corrected chi connectivity index (χ2v) is 4.64. The van der Waals surface area contributed by atoms with Crippen LogP contribution in [-0.2, 0) is 0 Å². The van der Waals surface area contributed by atoms with Crippen LogP contribution in [0.5, 0.6) is 0 Å². The van der Waals surface area contributed by atoms with E-state index in [0.29, 0.717) is 0 Å². The molecule has 0 heterocycles. The minimum absolute atomic E-state index is 0.941. The van der Waals surface area contributed by atoms with Gasteiger partial charge in [-0.15, -0.1) is 0 Å². The molecule has 0 aromatic heterocycles. The van der Waals surface area contributed by atoms with Crippen molar-refractivity contribution in [2.75, 3.05) is 0 Å². The Morgan fingerprint density at radius 2 is 2.14 bits per heavy atom. The van der Waals surface area contributed by atoms with Crippen LogP contribution < -0.4 is 0 Å². The zero-order valence-corrected chi connectivity index (χ0v) is 10.8. The standard InChI is InChI=1S/C6H11.Sn.3H/c1-3-5-6-4-2;;;;/h3H,1-2,4-6H2;;;;. The van der Waals surface area contributed by atoms with Crippen LogP contribution in [0.3, 0.4) is 0 Å². The van der Waals surface area contributed by atoms with Crippen LogP contribution in [0.1, 0.15) is 19.3 Å². The molecule has 0 spiro atoms. The number of hydrogen-bond donors (Lipinski definition) is 0. The second-order valence-electron chi connectivity index (χ2n) is 1.78. The van der Waals surface area contributed by atoms with Crippen LogP contribution in [0.2, 0.25) is 4.44 Å². The Morgan fingerprint density at radius 3 is 2.57 bits per heavy atom. The van der Waals surface area contributed by atoms with Gasteiger partial charge in [0.05, 0.1) is 0 Å². The van der Waals surface area contributed by atoms with Crippen LogP contribution in [0.25, 0.3) is 0 Å². The number of unbranched alkanes of at least 4 members (excludes halogenated alkanes) is 2. The average Bonchev–Trinajstić information content (AvgIpc) is 1.69. The average molecular weight is 205 g/mol. The van der Waals surface area contributed by atoms with Crippen molar-refractivity contribution in [1.29, 1.82) is 0 Å². The van der Waals surface area contributed by atoms with Gasteiger partial charge in [-0.1, -0.05) is 0 Å². The minimum atomic E-state index is 0.941. The van der Waals surface area contributed by atoms with E-state index in [1.165, 1.54) is 23.7 Å². The molecule has 0 saturated heterocycles. The molecular formula is C6H14Sn. The van der Waals surface area contributed by atoms with E-state index in [-0.39, 0.29) is 0 Å².